The number of benzene rings is 2. The molecule has 0 aliphatic rings. The molecule has 0 radical (unpaired) electrons. The van der Waals surface area contributed by atoms with Gasteiger partial charge in [-0.15, -0.1) is 0 Å². The molecule has 2 aromatic carbocycles. The lowest BCUT2D eigenvalue weighted by Gasteiger charge is -2.07. The van der Waals surface area contributed by atoms with Crippen LogP contribution in [0, 0.1) is 0 Å². The van der Waals surface area contributed by atoms with Crippen LogP contribution in [0.15, 0.2) is 48.5 Å². The number of ether oxygens (including phenoxy) is 2. The average Bonchev–Trinajstić information content (AvgIpc) is 3.05. The van der Waals surface area contributed by atoms with Crippen LogP contribution >= 0.6 is 0 Å². The maximum absolute atomic E-state index is 12.4. The lowest BCUT2D eigenvalue weighted by Crippen LogP contribution is -2.10. The number of para-hydroxylation sites is 1. The standard InChI is InChI=1S/C20H17NO5/c1-25-19(23)15(11-12-7-9-13(22)10-8-12)18-17(20(24)26-2)14-5-3-4-6-16(14)21-18/h3-11,21-22H,1-2H3/b15-11+. The fraction of sp³-hybridized carbons (Fsp3) is 0.100. The van der Waals surface area contributed by atoms with E-state index in [-0.39, 0.29) is 16.9 Å². The van der Waals surface area contributed by atoms with Crippen molar-refractivity contribution in [2.24, 2.45) is 0 Å². The van der Waals surface area contributed by atoms with Gasteiger partial charge in [0.15, 0.2) is 0 Å². The van der Waals surface area contributed by atoms with Gasteiger partial charge in [0, 0.05) is 10.9 Å². The zero-order chi connectivity index (χ0) is 18.7. The minimum Gasteiger partial charge on any atom is -0.508 e. The Bertz CT molecular complexity index is 999. The zero-order valence-electron chi connectivity index (χ0n) is 14.3. The second-order valence-corrected chi connectivity index (χ2v) is 5.55. The summed E-state index contributed by atoms with van der Waals surface area (Å²) in [6.45, 7) is 0. The summed E-state index contributed by atoms with van der Waals surface area (Å²) in [5.74, 6) is -1.05. The van der Waals surface area contributed by atoms with E-state index in [1.807, 2.05) is 6.07 Å². The molecule has 6 heteroatoms. The van der Waals surface area contributed by atoms with Crippen LogP contribution in [-0.2, 0) is 14.3 Å². The van der Waals surface area contributed by atoms with E-state index in [9.17, 15) is 14.7 Å². The third kappa shape index (κ3) is 3.17. The fourth-order valence-electron chi connectivity index (χ4n) is 2.74. The number of carbonyl (C=O) groups excluding carboxylic acids is 2. The highest BCUT2D eigenvalue weighted by Crippen LogP contribution is 2.30. The molecule has 132 valence electrons. The van der Waals surface area contributed by atoms with Crippen molar-refractivity contribution in [1.29, 1.82) is 0 Å². The third-order valence-corrected chi connectivity index (χ3v) is 3.97. The Kier molecular flexibility index (Phi) is 4.75. The first kappa shape index (κ1) is 17.3. The third-order valence-electron chi connectivity index (χ3n) is 3.97. The van der Waals surface area contributed by atoms with E-state index in [0.717, 1.165) is 0 Å². The molecule has 0 aliphatic carbocycles. The van der Waals surface area contributed by atoms with Crippen molar-refractivity contribution in [1.82, 2.24) is 4.98 Å². The molecule has 0 bridgehead atoms. The van der Waals surface area contributed by atoms with Gasteiger partial charge < -0.3 is 19.6 Å². The highest BCUT2D eigenvalue weighted by atomic mass is 16.5. The number of aromatic hydroxyl groups is 1. The van der Waals surface area contributed by atoms with Crippen LogP contribution in [0.25, 0.3) is 22.6 Å². The van der Waals surface area contributed by atoms with Crippen LogP contribution in [0.4, 0.5) is 0 Å². The first-order valence-electron chi connectivity index (χ1n) is 7.83. The van der Waals surface area contributed by atoms with Gasteiger partial charge in [0.2, 0.25) is 0 Å². The highest BCUT2D eigenvalue weighted by molar-refractivity contribution is 6.25. The predicted molar refractivity (Wildman–Crippen MR) is 97.6 cm³/mol. The first-order chi connectivity index (χ1) is 12.5. The van der Waals surface area contributed by atoms with Gasteiger partial charge in [-0.25, -0.2) is 9.59 Å². The first-order valence-corrected chi connectivity index (χ1v) is 7.83. The van der Waals surface area contributed by atoms with Crippen LogP contribution in [0.1, 0.15) is 21.6 Å². The molecular formula is C20H17NO5. The lowest BCUT2D eigenvalue weighted by atomic mass is 10.0. The molecule has 0 unspecified atom stereocenters. The summed E-state index contributed by atoms with van der Waals surface area (Å²) >= 11 is 0. The number of fused-ring (bicyclic) bond motifs is 1. The minimum absolute atomic E-state index is 0.114. The maximum Gasteiger partial charge on any atom is 0.340 e. The molecular weight excluding hydrogens is 334 g/mol. The van der Waals surface area contributed by atoms with Crippen LogP contribution in [0.3, 0.4) is 0 Å². The molecule has 26 heavy (non-hydrogen) atoms. The van der Waals surface area contributed by atoms with E-state index < -0.39 is 11.9 Å². The largest absolute Gasteiger partial charge is 0.508 e. The van der Waals surface area contributed by atoms with Crippen LogP contribution in [0.2, 0.25) is 0 Å². The Labute approximate surface area is 149 Å². The number of esters is 2. The summed E-state index contributed by atoms with van der Waals surface area (Å²) in [4.78, 5) is 27.9. The van der Waals surface area contributed by atoms with Crippen molar-refractivity contribution in [2.75, 3.05) is 14.2 Å². The molecule has 0 fully saturated rings. The van der Waals surface area contributed by atoms with E-state index in [2.05, 4.69) is 4.98 Å². The molecule has 2 N–H and O–H groups in total. The Hall–Kier alpha value is -3.54. The molecule has 0 atom stereocenters. The van der Waals surface area contributed by atoms with Gasteiger partial charge in [-0.2, -0.15) is 0 Å². The Balaban J connectivity index is 2.26. The van der Waals surface area contributed by atoms with E-state index in [1.165, 1.54) is 26.4 Å². The molecule has 1 heterocycles. The number of aromatic amines is 1. The van der Waals surface area contributed by atoms with Crippen molar-refractivity contribution in [2.45, 2.75) is 0 Å². The van der Waals surface area contributed by atoms with E-state index in [0.29, 0.717) is 22.2 Å². The Morgan fingerprint density at radius 2 is 1.69 bits per heavy atom. The van der Waals surface area contributed by atoms with Crippen molar-refractivity contribution in [3.63, 3.8) is 0 Å². The van der Waals surface area contributed by atoms with Gasteiger partial charge in [-0.05, 0) is 29.8 Å². The number of rotatable bonds is 4. The normalized spacial score (nSPS) is 11.4. The number of phenols is 1. The highest BCUT2D eigenvalue weighted by Gasteiger charge is 2.25. The molecule has 6 nitrogen and oxygen atoms in total. The Morgan fingerprint density at radius 1 is 1.00 bits per heavy atom. The van der Waals surface area contributed by atoms with Gasteiger partial charge in [-0.3, -0.25) is 0 Å². The molecule has 3 aromatic rings. The van der Waals surface area contributed by atoms with E-state index >= 15 is 0 Å². The second-order valence-electron chi connectivity index (χ2n) is 5.55. The van der Waals surface area contributed by atoms with Gasteiger partial charge >= 0.3 is 11.9 Å². The van der Waals surface area contributed by atoms with Crippen LogP contribution in [-0.4, -0.2) is 36.2 Å². The Morgan fingerprint density at radius 3 is 2.35 bits per heavy atom. The monoisotopic (exact) mass is 351 g/mol. The summed E-state index contributed by atoms with van der Waals surface area (Å²) in [6.07, 6.45) is 1.59. The number of H-pyrrole nitrogens is 1. The van der Waals surface area contributed by atoms with Gasteiger partial charge in [0.1, 0.15) is 5.75 Å². The average molecular weight is 351 g/mol. The number of phenolic OH excluding ortho intramolecular Hbond substituents is 1. The summed E-state index contributed by atoms with van der Waals surface area (Å²) < 4.78 is 9.80. The number of hydrogen-bond donors (Lipinski definition) is 2. The number of carbonyl (C=O) groups is 2. The number of hydrogen-bond acceptors (Lipinski definition) is 5. The van der Waals surface area contributed by atoms with Gasteiger partial charge in [0.05, 0.1) is 31.1 Å². The number of aromatic nitrogens is 1. The molecule has 0 amide bonds. The summed E-state index contributed by atoms with van der Waals surface area (Å²) in [6, 6.07) is 13.5. The number of nitrogens with one attached hydrogen (secondary N) is 1. The molecule has 0 aliphatic heterocycles. The molecule has 1 aromatic heterocycles. The smallest absolute Gasteiger partial charge is 0.340 e. The van der Waals surface area contributed by atoms with Crippen LogP contribution in [0.5, 0.6) is 5.75 Å². The molecule has 0 saturated carbocycles. The lowest BCUT2D eigenvalue weighted by molar-refractivity contribution is -0.133. The van der Waals surface area contributed by atoms with Crippen molar-refractivity contribution in [3.8, 4) is 5.75 Å². The van der Waals surface area contributed by atoms with E-state index in [4.69, 9.17) is 9.47 Å². The van der Waals surface area contributed by atoms with Gasteiger partial charge in [0.25, 0.3) is 0 Å². The summed E-state index contributed by atoms with van der Waals surface area (Å²) in [5, 5.41) is 10.1. The van der Waals surface area contributed by atoms with E-state index in [1.54, 1.807) is 36.4 Å². The topological polar surface area (TPSA) is 88.6 Å². The van der Waals surface area contributed by atoms with Crippen molar-refractivity contribution in [3.05, 3.63) is 65.4 Å². The summed E-state index contributed by atoms with van der Waals surface area (Å²) in [5.41, 5.74) is 2.12. The van der Waals surface area contributed by atoms with Gasteiger partial charge in [-0.1, -0.05) is 30.3 Å². The van der Waals surface area contributed by atoms with Crippen molar-refractivity contribution < 1.29 is 24.2 Å². The minimum atomic E-state index is -0.602. The summed E-state index contributed by atoms with van der Waals surface area (Å²) in [7, 11) is 2.56. The molecule has 3 rings (SSSR count). The predicted octanol–water partition coefficient (Wildman–Crippen LogP) is 3.37. The second kappa shape index (κ2) is 7.14. The fourth-order valence-corrected chi connectivity index (χ4v) is 2.74. The molecule has 0 saturated heterocycles. The number of methoxy groups -OCH3 is 2. The maximum atomic E-state index is 12.4. The van der Waals surface area contributed by atoms with Crippen LogP contribution < -0.4 is 0 Å². The SMILES string of the molecule is COC(=O)/C(=C/c1ccc(O)cc1)c1[nH]c2ccccc2c1C(=O)OC. The van der Waals surface area contributed by atoms with Crippen molar-refractivity contribution >= 4 is 34.5 Å². The quantitative estimate of drug-likeness (QED) is 0.556. The molecule has 0 spiro atoms. The zero-order valence-corrected chi connectivity index (χ0v) is 14.3.